The summed E-state index contributed by atoms with van der Waals surface area (Å²) in [5, 5.41) is 0. The lowest BCUT2D eigenvalue weighted by molar-refractivity contribution is 1.02. The zero-order valence-electron chi connectivity index (χ0n) is 7.62. The van der Waals surface area contributed by atoms with Crippen LogP contribution in [0.4, 0.5) is 0 Å². The van der Waals surface area contributed by atoms with Crippen LogP contribution in [0.3, 0.4) is 0 Å². The van der Waals surface area contributed by atoms with Crippen LogP contribution in [-0.4, -0.2) is 0 Å². The zero-order chi connectivity index (χ0) is 8.15. The van der Waals surface area contributed by atoms with Crippen molar-refractivity contribution in [1.82, 2.24) is 0 Å². The third kappa shape index (κ3) is 2.38. The first-order valence-electron chi connectivity index (χ1n) is 3.97. The van der Waals surface area contributed by atoms with Crippen molar-refractivity contribution >= 4 is 0 Å². The maximum atomic E-state index is 3.98. The third-order valence-electron chi connectivity index (χ3n) is 2.13. The Morgan fingerprint density at radius 3 is 1.90 bits per heavy atom. The SMILES string of the molecule is C=C(CC)C(C)=C(C)CC. The van der Waals surface area contributed by atoms with Gasteiger partial charge in [0.15, 0.2) is 0 Å². The Labute approximate surface area is 64.6 Å². The maximum Gasteiger partial charge on any atom is -0.0311 e. The van der Waals surface area contributed by atoms with Gasteiger partial charge in [-0.15, -0.1) is 0 Å². The summed E-state index contributed by atoms with van der Waals surface area (Å²) in [5.41, 5.74) is 4.14. The maximum absolute atomic E-state index is 3.98. The molecular formula is C10H18. The van der Waals surface area contributed by atoms with Gasteiger partial charge in [0.2, 0.25) is 0 Å². The van der Waals surface area contributed by atoms with Crippen LogP contribution in [-0.2, 0) is 0 Å². The number of rotatable bonds is 3. The molecule has 0 nitrogen and oxygen atoms in total. The van der Waals surface area contributed by atoms with Crippen LogP contribution in [0.2, 0.25) is 0 Å². The first kappa shape index (κ1) is 9.48. The van der Waals surface area contributed by atoms with Gasteiger partial charge in [-0.1, -0.05) is 31.6 Å². The fourth-order valence-corrected chi connectivity index (χ4v) is 0.832. The predicted molar refractivity (Wildman–Crippen MR) is 48.1 cm³/mol. The first-order chi connectivity index (χ1) is 4.63. The Hall–Kier alpha value is -0.520. The Bertz CT molecular complexity index is 149. The Balaban J connectivity index is 4.30. The van der Waals surface area contributed by atoms with E-state index in [-0.39, 0.29) is 0 Å². The van der Waals surface area contributed by atoms with E-state index < -0.39 is 0 Å². The number of hydrogen-bond acceptors (Lipinski definition) is 0. The number of hydrogen-bond donors (Lipinski definition) is 0. The molecule has 0 saturated heterocycles. The highest BCUT2D eigenvalue weighted by Gasteiger charge is 1.96. The standard InChI is InChI=1S/C10H18/c1-6-8(3)10(5)9(4)7-2/h3,6-7H2,1-2,4-5H3. The molecule has 10 heavy (non-hydrogen) atoms. The van der Waals surface area contributed by atoms with Crippen molar-refractivity contribution < 1.29 is 0 Å². The van der Waals surface area contributed by atoms with E-state index in [9.17, 15) is 0 Å². The molecule has 0 rings (SSSR count). The summed E-state index contributed by atoms with van der Waals surface area (Å²) < 4.78 is 0. The van der Waals surface area contributed by atoms with Crippen molar-refractivity contribution in [2.45, 2.75) is 40.5 Å². The van der Waals surface area contributed by atoms with Crippen LogP contribution in [0.5, 0.6) is 0 Å². The summed E-state index contributed by atoms with van der Waals surface area (Å²) in [6.07, 6.45) is 2.22. The molecule has 0 atom stereocenters. The van der Waals surface area contributed by atoms with E-state index in [1.165, 1.54) is 16.7 Å². The first-order valence-corrected chi connectivity index (χ1v) is 3.97. The fourth-order valence-electron chi connectivity index (χ4n) is 0.832. The Morgan fingerprint density at radius 1 is 1.10 bits per heavy atom. The van der Waals surface area contributed by atoms with Crippen molar-refractivity contribution in [3.63, 3.8) is 0 Å². The lowest BCUT2D eigenvalue weighted by Crippen LogP contribution is -1.85. The molecule has 0 heterocycles. The summed E-state index contributed by atoms with van der Waals surface area (Å²) in [7, 11) is 0. The Morgan fingerprint density at radius 2 is 1.60 bits per heavy atom. The molecule has 0 fully saturated rings. The van der Waals surface area contributed by atoms with E-state index in [4.69, 9.17) is 0 Å². The van der Waals surface area contributed by atoms with E-state index in [1.54, 1.807) is 0 Å². The minimum Gasteiger partial charge on any atom is -0.0956 e. The van der Waals surface area contributed by atoms with Gasteiger partial charge in [-0.3, -0.25) is 0 Å². The summed E-state index contributed by atoms with van der Waals surface area (Å²) >= 11 is 0. The van der Waals surface area contributed by atoms with Gasteiger partial charge >= 0.3 is 0 Å². The molecule has 58 valence electrons. The second-order valence-corrected chi connectivity index (χ2v) is 2.72. The monoisotopic (exact) mass is 138 g/mol. The molecule has 0 N–H and O–H groups in total. The second kappa shape index (κ2) is 4.32. The molecule has 0 bridgehead atoms. The highest BCUT2D eigenvalue weighted by atomic mass is 14.0. The molecular weight excluding hydrogens is 120 g/mol. The van der Waals surface area contributed by atoms with Crippen LogP contribution in [0, 0.1) is 0 Å². The van der Waals surface area contributed by atoms with Gasteiger partial charge in [0.1, 0.15) is 0 Å². The Kier molecular flexibility index (Phi) is 4.10. The molecule has 0 amide bonds. The van der Waals surface area contributed by atoms with Crippen LogP contribution in [0.1, 0.15) is 40.5 Å². The van der Waals surface area contributed by atoms with Crippen molar-refractivity contribution in [3.8, 4) is 0 Å². The van der Waals surface area contributed by atoms with Crippen molar-refractivity contribution in [2.75, 3.05) is 0 Å². The number of allylic oxidation sites excluding steroid dienone is 3. The van der Waals surface area contributed by atoms with Gasteiger partial charge in [-0.05, 0) is 32.3 Å². The van der Waals surface area contributed by atoms with Crippen molar-refractivity contribution in [1.29, 1.82) is 0 Å². The molecule has 0 aromatic rings. The topological polar surface area (TPSA) is 0 Å². The van der Waals surface area contributed by atoms with Crippen molar-refractivity contribution in [3.05, 3.63) is 23.3 Å². The largest absolute Gasteiger partial charge is 0.0956 e. The highest BCUT2D eigenvalue weighted by Crippen LogP contribution is 2.16. The van der Waals surface area contributed by atoms with Crippen LogP contribution < -0.4 is 0 Å². The molecule has 0 unspecified atom stereocenters. The molecule has 0 aromatic heterocycles. The lowest BCUT2D eigenvalue weighted by atomic mass is 10.0. The van der Waals surface area contributed by atoms with Gasteiger partial charge in [-0.25, -0.2) is 0 Å². The van der Waals surface area contributed by atoms with E-state index in [2.05, 4.69) is 34.3 Å². The molecule has 0 heteroatoms. The highest BCUT2D eigenvalue weighted by molar-refractivity contribution is 5.29. The average Bonchev–Trinajstić information content (AvgIpc) is 2.00. The van der Waals surface area contributed by atoms with Gasteiger partial charge in [-0.2, -0.15) is 0 Å². The molecule has 0 aliphatic rings. The minimum absolute atomic E-state index is 1.07. The summed E-state index contributed by atoms with van der Waals surface area (Å²) in [6.45, 7) is 12.6. The van der Waals surface area contributed by atoms with E-state index in [1.807, 2.05) is 0 Å². The fraction of sp³-hybridized carbons (Fsp3) is 0.600. The van der Waals surface area contributed by atoms with Crippen LogP contribution >= 0.6 is 0 Å². The molecule has 0 spiro atoms. The van der Waals surface area contributed by atoms with E-state index >= 15 is 0 Å². The summed E-state index contributed by atoms with van der Waals surface area (Å²) in [6, 6.07) is 0. The van der Waals surface area contributed by atoms with Gasteiger partial charge in [0, 0.05) is 0 Å². The third-order valence-corrected chi connectivity index (χ3v) is 2.13. The summed E-state index contributed by atoms with van der Waals surface area (Å²) in [4.78, 5) is 0. The van der Waals surface area contributed by atoms with Gasteiger partial charge in [0.25, 0.3) is 0 Å². The molecule has 0 saturated carbocycles. The van der Waals surface area contributed by atoms with Gasteiger partial charge in [0.05, 0.1) is 0 Å². The van der Waals surface area contributed by atoms with Crippen LogP contribution in [0.15, 0.2) is 23.3 Å². The lowest BCUT2D eigenvalue weighted by Gasteiger charge is -2.06. The molecule has 0 aromatic carbocycles. The normalized spacial score (nSPS) is 12.8. The quantitative estimate of drug-likeness (QED) is 0.522. The van der Waals surface area contributed by atoms with Crippen LogP contribution in [0.25, 0.3) is 0 Å². The van der Waals surface area contributed by atoms with Crippen molar-refractivity contribution in [2.24, 2.45) is 0 Å². The molecule has 0 aliphatic heterocycles. The van der Waals surface area contributed by atoms with Gasteiger partial charge < -0.3 is 0 Å². The smallest absolute Gasteiger partial charge is 0.0311 e. The van der Waals surface area contributed by atoms with E-state index in [0.29, 0.717) is 0 Å². The van der Waals surface area contributed by atoms with E-state index in [0.717, 1.165) is 12.8 Å². The second-order valence-electron chi connectivity index (χ2n) is 2.72. The minimum atomic E-state index is 1.07. The zero-order valence-corrected chi connectivity index (χ0v) is 7.62. The predicted octanol–water partition coefficient (Wildman–Crippen LogP) is 3.70. The molecule has 0 aliphatic carbocycles. The molecule has 0 radical (unpaired) electrons. The average molecular weight is 138 g/mol. The summed E-state index contributed by atoms with van der Waals surface area (Å²) in [5.74, 6) is 0.